The SMILES string of the molecule is Cc1nc(-c2cnc(C)s2)cs1. The zero-order chi connectivity index (χ0) is 8.55. The van der Waals surface area contributed by atoms with Gasteiger partial charge in [-0.05, 0) is 13.8 Å². The Kier molecular flexibility index (Phi) is 1.94. The van der Waals surface area contributed by atoms with Crippen molar-refractivity contribution in [3.8, 4) is 10.6 Å². The number of nitrogens with zero attached hydrogens (tertiary/aromatic N) is 2. The van der Waals surface area contributed by atoms with Gasteiger partial charge in [0, 0.05) is 11.6 Å². The summed E-state index contributed by atoms with van der Waals surface area (Å²) >= 11 is 3.36. The molecule has 0 aliphatic heterocycles. The van der Waals surface area contributed by atoms with Gasteiger partial charge in [-0.1, -0.05) is 0 Å². The van der Waals surface area contributed by atoms with Gasteiger partial charge in [0.15, 0.2) is 0 Å². The molecule has 62 valence electrons. The molecule has 0 atom stereocenters. The van der Waals surface area contributed by atoms with Gasteiger partial charge in [0.1, 0.15) is 0 Å². The molecule has 0 aromatic carbocycles. The minimum Gasteiger partial charge on any atom is -0.249 e. The van der Waals surface area contributed by atoms with Crippen molar-refractivity contribution in [2.24, 2.45) is 0 Å². The lowest BCUT2D eigenvalue weighted by atomic mass is 10.4. The highest BCUT2D eigenvalue weighted by Crippen LogP contribution is 2.26. The second-order valence-corrected chi connectivity index (χ2v) is 4.79. The maximum Gasteiger partial charge on any atom is 0.0930 e. The van der Waals surface area contributed by atoms with E-state index in [1.165, 1.54) is 0 Å². The minimum atomic E-state index is 1.06. The molecule has 4 heteroatoms. The Labute approximate surface area is 78.9 Å². The molecule has 0 spiro atoms. The molecule has 0 saturated heterocycles. The maximum absolute atomic E-state index is 4.38. The number of aryl methyl sites for hydroxylation is 2. The number of rotatable bonds is 1. The van der Waals surface area contributed by atoms with Crippen LogP contribution in [0.3, 0.4) is 0 Å². The third kappa shape index (κ3) is 1.40. The molecule has 0 N–H and O–H groups in total. The van der Waals surface area contributed by atoms with Crippen molar-refractivity contribution in [3.63, 3.8) is 0 Å². The third-order valence-corrected chi connectivity index (χ3v) is 3.20. The number of thiazole rings is 2. The molecule has 2 aromatic heterocycles. The molecule has 0 saturated carbocycles. The zero-order valence-corrected chi connectivity index (χ0v) is 8.50. The smallest absolute Gasteiger partial charge is 0.0930 e. The van der Waals surface area contributed by atoms with E-state index in [1.54, 1.807) is 22.7 Å². The summed E-state index contributed by atoms with van der Waals surface area (Å²) < 4.78 is 0. The Balaban J connectivity index is 2.43. The van der Waals surface area contributed by atoms with Crippen molar-refractivity contribution in [2.45, 2.75) is 13.8 Å². The van der Waals surface area contributed by atoms with E-state index >= 15 is 0 Å². The predicted octanol–water partition coefficient (Wildman–Crippen LogP) is 2.88. The minimum absolute atomic E-state index is 1.06. The second-order valence-electron chi connectivity index (χ2n) is 2.50. The normalized spacial score (nSPS) is 10.5. The molecule has 2 aromatic rings. The van der Waals surface area contributed by atoms with Crippen LogP contribution in [0.1, 0.15) is 10.0 Å². The third-order valence-electron chi connectivity index (χ3n) is 1.49. The fourth-order valence-electron chi connectivity index (χ4n) is 0.956. The summed E-state index contributed by atoms with van der Waals surface area (Å²) in [5.41, 5.74) is 1.06. The first-order chi connectivity index (χ1) is 5.75. The molecule has 0 bridgehead atoms. The fraction of sp³-hybridized carbons (Fsp3) is 0.250. The molecule has 12 heavy (non-hydrogen) atoms. The zero-order valence-electron chi connectivity index (χ0n) is 6.87. The van der Waals surface area contributed by atoms with Gasteiger partial charge >= 0.3 is 0 Å². The fourth-order valence-corrected chi connectivity index (χ4v) is 2.38. The molecule has 0 radical (unpaired) electrons. The molecule has 2 nitrogen and oxygen atoms in total. The van der Waals surface area contributed by atoms with Crippen LogP contribution < -0.4 is 0 Å². The summed E-state index contributed by atoms with van der Waals surface area (Å²) in [4.78, 5) is 9.73. The number of hydrogen-bond donors (Lipinski definition) is 0. The Morgan fingerprint density at radius 1 is 1.25 bits per heavy atom. The van der Waals surface area contributed by atoms with E-state index in [0.717, 1.165) is 20.6 Å². The maximum atomic E-state index is 4.38. The number of aromatic nitrogens is 2. The Morgan fingerprint density at radius 2 is 2.08 bits per heavy atom. The molecule has 0 aliphatic carbocycles. The van der Waals surface area contributed by atoms with E-state index in [0.29, 0.717) is 0 Å². The van der Waals surface area contributed by atoms with Crippen molar-refractivity contribution in [1.29, 1.82) is 0 Å². The lowest BCUT2D eigenvalue weighted by Gasteiger charge is -1.84. The van der Waals surface area contributed by atoms with Crippen LogP contribution in [0.5, 0.6) is 0 Å². The Hall–Kier alpha value is -0.740. The summed E-state index contributed by atoms with van der Waals surface area (Å²) in [7, 11) is 0. The molecular weight excluding hydrogens is 188 g/mol. The lowest BCUT2D eigenvalue weighted by molar-refractivity contribution is 1.28. The lowest BCUT2D eigenvalue weighted by Crippen LogP contribution is -1.70. The molecule has 0 unspecified atom stereocenters. The molecule has 2 heterocycles. The Morgan fingerprint density at radius 3 is 2.58 bits per heavy atom. The van der Waals surface area contributed by atoms with Gasteiger partial charge in [-0.2, -0.15) is 0 Å². The van der Waals surface area contributed by atoms with Crippen LogP contribution in [-0.2, 0) is 0 Å². The van der Waals surface area contributed by atoms with E-state index in [9.17, 15) is 0 Å². The van der Waals surface area contributed by atoms with Crippen LogP contribution in [0, 0.1) is 13.8 Å². The molecule has 2 rings (SSSR count). The van der Waals surface area contributed by atoms with E-state index in [-0.39, 0.29) is 0 Å². The van der Waals surface area contributed by atoms with Crippen molar-refractivity contribution < 1.29 is 0 Å². The van der Waals surface area contributed by atoms with E-state index in [4.69, 9.17) is 0 Å². The standard InChI is InChI=1S/C8H8N2S2/c1-5-9-3-8(12-5)7-4-11-6(2)10-7/h3-4H,1-2H3. The summed E-state index contributed by atoms with van der Waals surface area (Å²) in [6, 6.07) is 0. The van der Waals surface area contributed by atoms with Gasteiger partial charge in [-0.3, -0.25) is 0 Å². The summed E-state index contributed by atoms with van der Waals surface area (Å²) in [5.74, 6) is 0. The first-order valence-corrected chi connectivity index (χ1v) is 5.30. The van der Waals surface area contributed by atoms with Gasteiger partial charge < -0.3 is 0 Å². The summed E-state index contributed by atoms with van der Waals surface area (Å²) in [5, 5.41) is 4.27. The molecule has 0 aliphatic rings. The summed E-state index contributed by atoms with van der Waals surface area (Å²) in [6.45, 7) is 4.02. The monoisotopic (exact) mass is 196 g/mol. The van der Waals surface area contributed by atoms with Crippen LogP contribution in [0.4, 0.5) is 0 Å². The molecule has 0 fully saturated rings. The van der Waals surface area contributed by atoms with Crippen LogP contribution in [0.2, 0.25) is 0 Å². The van der Waals surface area contributed by atoms with Crippen LogP contribution in [-0.4, -0.2) is 9.97 Å². The second kappa shape index (κ2) is 2.95. The van der Waals surface area contributed by atoms with Gasteiger partial charge in [-0.25, -0.2) is 9.97 Å². The van der Waals surface area contributed by atoms with Crippen molar-refractivity contribution in [3.05, 3.63) is 21.6 Å². The first kappa shape index (κ1) is 7.89. The van der Waals surface area contributed by atoms with E-state index in [2.05, 4.69) is 15.3 Å². The van der Waals surface area contributed by atoms with Gasteiger partial charge in [0.05, 0.1) is 20.6 Å². The number of hydrogen-bond acceptors (Lipinski definition) is 4. The average Bonchev–Trinajstić information content (AvgIpc) is 2.58. The van der Waals surface area contributed by atoms with Crippen LogP contribution >= 0.6 is 22.7 Å². The van der Waals surface area contributed by atoms with Crippen molar-refractivity contribution in [1.82, 2.24) is 9.97 Å². The van der Waals surface area contributed by atoms with E-state index in [1.807, 2.05) is 20.0 Å². The highest BCUT2D eigenvalue weighted by atomic mass is 32.1. The Bertz CT molecular complexity index is 351. The van der Waals surface area contributed by atoms with Gasteiger partial charge in [0.25, 0.3) is 0 Å². The van der Waals surface area contributed by atoms with Crippen LogP contribution in [0.25, 0.3) is 10.6 Å². The highest BCUT2D eigenvalue weighted by molar-refractivity contribution is 7.15. The molecule has 0 amide bonds. The van der Waals surface area contributed by atoms with E-state index < -0.39 is 0 Å². The predicted molar refractivity (Wildman–Crippen MR) is 52.7 cm³/mol. The van der Waals surface area contributed by atoms with Crippen molar-refractivity contribution in [2.75, 3.05) is 0 Å². The quantitative estimate of drug-likeness (QED) is 0.701. The largest absolute Gasteiger partial charge is 0.249 e. The van der Waals surface area contributed by atoms with Crippen molar-refractivity contribution >= 4 is 22.7 Å². The highest BCUT2D eigenvalue weighted by Gasteiger charge is 2.04. The average molecular weight is 196 g/mol. The van der Waals surface area contributed by atoms with Gasteiger partial charge in [-0.15, -0.1) is 22.7 Å². The summed E-state index contributed by atoms with van der Waals surface area (Å²) in [6.07, 6.45) is 1.88. The topological polar surface area (TPSA) is 25.8 Å². The molecular formula is C8H8N2S2. The van der Waals surface area contributed by atoms with Crippen LogP contribution in [0.15, 0.2) is 11.6 Å². The van der Waals surface area contributed by atoms with Gasteiger partial charge in [0.2, 0.25) is 0 Å². The first-order valence-electron chi connectivity index (χ1n) is 3.60.